The minimum Gasteiger partial charge on any atom is -0.444 e. The van der Waals surface area contributed by atoms with E-state index in [0.717, 1.165) is 25.7 Å². The molecule has 1 aromatic carbocycles. The first-order valence-corrected chi connectivity index (χ1v) is 11.5. The van der Waals surface area contributed by atoms with Gasteiger partial charge in [0.15, 0.2) is 15.5 Å². The first-order valence-electron chi connectivity index (χ1n) is 8.84. The number of thiocarbonyl (C=S) groups is 1. The molecule has 7 nitrogen and oxygen atoms in total. The third kappa shape index (κ3) is 5.19. The van der Waals surface area contributed by atoms with E-state index in [9.17, 15) is 13.2 Å². The van der Waals surface area contributed by atoms with Crippen LogP contribution in [-0.4, -0.2) is 36.8 Å². The fourth-order valence-electron chi connectivity index (χ4n) is 2.90. The third-order valence-electron chi connectivity index (χ3n) is 4.34. The number of anilines is 1. The van der Waals surface area contributed by atoms with Crippen LogP contribution in [0.1, 0.15) is 36.2 Å². The van der Waals surface area contributed by atoms with Crippen molar-refractivity contribution >= 4 is 54.9 Å². The number of nitrogens with one attached hydrogen (secondary N) is 2. The van der Waals surface area contributed by atoms with Crippen molar-refractivity contribution in [2.24, 2.45) is 0 Å². The number of carbonyl (C=O) groups excluding carboxylic acids is 1. The average molecular weight is 486 g/mol. The van der Waals surface area contributed by atoms with E-state index in [0.29, 0.717) is 23.4 Å². The zero-order valence-electron chi connectivity index (χ0n) is 15.0. The van der Waals surface area contributed by atoms with Gasteiger partial charge in [0.25, 0.3) is 5.91 Å². The maximum atomic E-state index is 12.8. The molecule has 2 heterocycles. The van der Waals surface area contributed by atoms with Gasteiger partial charge in [-0.2, -0.15) is 4.31 Å². The van der Waals surface area contributed by atoms with Gasteiger partial charge in [-0.1, -0.05) is 12.8 Å². The summed E-state index contributed by atoms with van der Waals surface area (Å²) in [6, 6.07) is 9.44. The molecule has 2 N–H and O–H groups in total. The molecule has 1 aromatic heterocycles. The Morgan fingerprint density at radius 2 is 1.68 bits per heavy atom. The lowest BCUT2D eigenvalue weighted by atomic mass is 10.2. The number of sulfonamides is 1. The van der Waals surface area contributed by atoms with Gasteiger partial charge in [-0.3, -0.25) is 10.1 Å². The van der Waals surface area contributed by atoms with Gasteiger partial charge in [0.1, 0.15) is 0 Å². The van der Waals surface area contributed by atoms with E-state index in [1.165, 1.54) is 18.2 Å². The van der Waals surface area contributed by atoms with Crippen molar-refractivity contribution in [3.8, 4) is 0 Å². The number of benzene rings is 1. The summed E-state index contributed by atoms with van der Waals surface area (Å²) in [5.41, 5.74) is 0.570. The molecular formula is C18H20BrN3O4S2. The Kier molecular flexibility index (Phi) is 6.86. The van der Waals surface area contributed by atoms with E-state index >= 15 is 0 Å². The Bertz CT molecular complexity index is 949. The zero-order valence-corrected chi connectivity index (χ0v) is 18.2. The van der Waals surface area contributed by atoms with E-state index < -0.39 is 15.9 Å². The van der Waals surface area contributed by atoms with Crippen LogP contribution in [-0.2, 0) is 10.0 Å². The molecule has 0 spiro atoms. The van der Waals surface area contributed by atoms with Crippen molar-refractivity contribution in [2.45, 2.75) is 30.6 Å². The van der Waals surface area contributed by atoms with Crippen molar-refractivity contribution in [2.75, 3.05) is 18.4 Å². The molecule has 0 unspecified atom stereocenters. The van der Waals surface area contributed by atoms with Gasteiger partial charge in [0.2, 0.25) is 10.0 Å². The second-order valence-corrected chi connectivity index (χ2v) is 9.48. The Balaban J connectivity index is 1.62. The molecule has 0 atom stereocenters. The van der Waals surface area contributed by atoms with Crippen LogP contribution < -0.4 is 10.6 Å². The lowest BCUT2D eigenvalue weighted by molar-refractivity contribution is 0.0949. The van der Waals surface area contributed by atoms with Gasteiger partial charge in [-0.05, 0) is 77.4 Å². The highest BCUT2D eigenvalue weighted by molar-refractivity contribution is 9.10. The highest BCUT2D eigenvalue weighted by atomic mass is 79.9. The largest absolute Gasteiger partial charge is 0.444 e. The number of halogens is 1. The predicted molar refractivity (Wildman–Crippen MR) is 114 cm³/mol. The van der Waals surface area contributed by atoms with Crippen molar-refractivity contribution in [1.82, 2.24) is 9.62 Å². The van der Waals surface area contributed by atoms with Gasteiger partial charge in [0, 0.05) is 18.8 Å². The topological polar surface area (TPSA) is 91.7 Å². The van der Waals surface area contributed by atoms with Crippen LogP contribution in [0.5, 0.6) is 0 Å². The standard InChI is InChI=1S/C18H20BrN3O4S2/c19-16-10-9-15(26-16)17(23)21-18(27)20-13-5-7-14(8-6-13)28(24,25)22-11-3-1-2-4-12-22/h5-10H,1-4,11-12H2,(H2,20,21,23,27). The molecule has 1 aliphatic heterocycles. The van der Waals surface area contributed by atoms with E-state index in [2.05, 4.69) is 26.6 Å². The maximum absolute atomic E-state index is 12.8. The fraction of sp³-hybridized carbons (Fsp3) is 0.333. The number of rotatable bonds is 4. The van der Waals surface area contributed by atoms with Crippen LogP contribution in [0.2, 0.25) is 0 Å². The second kappa shape index (κ2) is 9.17. The van der Waals surface area contributed by atoms with Gasteiger partial charge in [-0.25, -0.2) is 8.42 Å². The molecule has 0 bridgehead atoms. The molecule has 1 saturated heterocycles. The molecule has 1 amide bonds. The monoisotopic (exact) mass is 485 g/mol. The van der Waals surface area contributed by atoms with Crippen LogP contribution in [0, 0.1) is 0 Å². The molecule has 1 fully saturated rings. The average Bonchev–Trinajstić information content (AvgIpc) is 2.92. The van der Waals surface area contributed by atoms with Crippen LogP contribution in [0.3, 0.4) is 0 Å². The molecule has 28 heavy (non-hydrogen) atoms. The lowest BCUT2D eigenvalue weighted by Gasteiger charge is -2.20. The maximum Gasteiger partial charge on any atom is 0.293 e. The van der Waals surface area contributed by atoms with Crippen molar-refractivity contribution < 1.29 is 17.6 Å². The molecular weight excluding hydrogens is 466 g/mol. The molecule has 0 radical (unpaired) electrons. The Labute approximate surface area is 177 Å². The summed E-state index contributed by atoms with van der Waals surface area (Å²) in [7, 11) is -3.50. The summed E-state index contributed by atoms with van der Waals surface area (Å²) in [5.74, 6) is -0.363. The van der Waals surface area contributed by atoms with Crippen molar-refractivity contribution in [1.29, 1.82) is 0 Å². The lowest BCUT2D eigenvalue weighted by Crippen LogP contribution is -2.34. The number of hydrogen-bond donors (Lipinski definition) is 2. The fourth-order valence-corrected chi connectivity index (χ4v) is 4.94. The highest BCUT2D eigenvalue weighted by Crippen LogP contribution is 2.22. The van der Waals surface area contributed by atoms with Crippen LogP contribution in [0.15, 0.2) is 50.4 Å². The van der Waals surface area contributed by atoms with Crippen molar-refractivity contribution in [3.05, 3.63) is 46.8 Å². The number of carbonyl (C=O) groups is 1. The van der Waals surface area contributed by atoms with Crippen LogP contribution in [0.25, 0.3) is 0 Å². The van der Waals surface area contributed by atoms with E-state index in [1.807, 2.05) is 0 Å². The Morgan fingerprint density at radius 1 is 1.04 bits per heavy atom. The first-order chi connectivity index (χ1) is 13.4. The minimum atomic E-state index is -3.50. The summed E-state index contributed by atoms with van der Waals surface area (Å²) < 4.78 is 32.7. The predicted octanol–water partition coefficient (Wildman–Crippen LogP) is 3.73. The van der Waals surface area contributed by atoms with E-state index in [1.54, 1.807) is 22.5 Å². The van der Waals surface area contributed by atoms with Gasteiger partial charge < -0.3 is 9.73 Å². The number of furan rings is 1. The Morgan fingerprint density at radius 3 is 2.25 bits per heavy atom. The van der Waals surface area contributed by atoms with Crippen LogP contribution >= 0.6 is 28.1 Å². The summed E-state index contributed by atoms with van der Waals surface area (Å²) in [4.78, 5) is 12.3. The Hall–Kier alpha value is -1.75. The summed E-state index contributed by atoms with van der Waals surface area (Å²) in [5, 5.41) is 5.44. The molecule has 0 saturated carbocycles. The van der Waals surface area contributed by atoms with E-state index in [-0.39, 0.29) is 15.8 Å². The number of nitrogens with zero attached hydrogens (tertiary/aromatic N) is 1. The molecule has 2 aromatic rings. The van der Waals surface area contributed by atoms with E-state index in [4.69, 9.17) is 16.6 Å². The summed E-state index contributed by atoms with van der Waals surface area (Å²) >= 11 is 8.25. The summed E-state index contributed by atoms with van der Waals surface area (Å²) in [6.07, 6.45) is 3.90. The summed E-state index contributed by atoms with van der Waals surface area (Å²) in [6.45, 7) is 1.11. The molecule has 1 aliphatic rings. The quantitative estimate of drug-likeness (QED) is 0.640. The zero-order chi connectivity index (χ0) is 20.1. The minimum absolute atomic E-state index is 0.0839. The van der Waals surface area contributed by atoms with Gasteiger partial charge in [0.05, 0.1) is 4.90 Å². The second-order valence-electron chi connectivity index (χ2n) is 6.35. The number of hydrogen-bond acceptors (Lipinski definition) is 5. The van der Waals surface area contributed by atoms with Gasteiger partial charge in [-0.15, -0.1) is 0 Å². The molecule has 10 heteroatoms. The SMILES string of the molecule is O=C(NC(=S)Nc1ccc(S(=O)(=O)N2CCCCCC2)cc1)c1ccc(Br)o1. The van der Waals surface area contributed by atoms with Crippen LogP contribution in [0.4, 0.5) is 5.69 Å². The normalized spacial score (nSPS) is 15.6. The smallest absolute Gasteiger partial charge is 0.293 e. The molecule has 3 rings (SSSR count). The number of amides is 1. The third-order valence-corrected chi connectivity index (χ3v) is 6.88. The molecule has 150 valence electrons. The highest BCUT2D eigenvalue weighted by Gasteiger charge is 2.25. The first kappa shape index (κ1) is 21.0. The molecule has 0 aliphatic carbocycles. The van der Waals surface area contributed by atoms with Crippen molar-refractivity contribution in [3.63, 3.8) is 0 Å². The van der Waals surface area contributed by atoms with Gasteiger partial charge >= 0.3 is 0 Å².